The van der Waals surface area contributed by atoms with Gasteiger partial charge in [-0.2, -0.15) is 0 Å². The van der Waals surface area contributed by atoms with Crippen molar-refractivity contribution in [2.24, 2.45) is 11.8 Å². The Morgan fingerprint density at radius 1 is 0.654 bits per heavy atom. The number of esters is 2. The van der Waals surface area contributed by atoms with Gasteiger partial charge in [-0.3, -0.25) is 9.59 Å². The molecule has 0 N–H and O–H groups in total. The van der Waals surface area contributed by atoms with Crippen molar-refractivity contribution < 1.29 is 28.5 Å². The first-order valence-corrected chi connectivity index (χ1v) is 9.37. The summed E-state index contributed by atoms with van der Waals surface area (Å²) in [7, 11) is 0. The Kier molecular flexibility index (Phi) is 11.0. The molecule has 0 aromatic carbocycles. The van der Waals surface area contributed by atoms with E-state index in [4.69, 9.17) is 18.9 Å². The molecule has 0 amide bonds. The van der Waals surface area contributed by atoms with E-state index < -0.39 is 11.9 Å². The standard InChI is InChI=1S/C20H38O6/c1-15(13-25-19(3,4)5)11-23-17(21)9-10-18(22)24-12-16(2)14-26-20(6,7)8/h15-16H,9-14H2,1-8H3/t15-,16-/m0/s1. The lowest BCUT2D eigenvalue weighted by molar-refractivity contribution is -0.152. The molecule has 0 spiro atoms. The molecule has 6 heteroatoms. The second-order valence-electron chi connectivity index (χ2n) is 8.92. The SMILES string of the molecule is C[C@@H](COC(=O)CCC(=O)OC[C@H](C)COC(C)(C)C)COC(C)(C)C. The van der Waals surface area contributed by atoms with E-state index in [1.807, 2.05) is 55.4 Å². The molecule has 0 saturated carbocycles. The first-order valence-electron chi connectivity index (χ1n) is 9.37. The van der Waals surface area contributed by atoms with Gasteiger partial charge in [-0.05, 0) is 41.5 Å². The summed E-state index contributed by atoms with van der Waals surface area (Å²) in [4.78, 5) is 23.4. The second-order valence-corrected chi connectivity index (χ2v) is 8.92. The fraction of sp³-hybridized carbons (Fsp3) is 0.900. The Morgan fingerprint density at radius 3 is 1.23 bits per heavy atom. The molecule has 0 aliphatic rings. The highest BCUT2D eigenvalue weighted by Gasteiger charge is 2.16. The second kappa shape index (κ2) is 11.5. The molecular weight excluding hydrogens is 336 g/mol. The maximum atomic E-state index is 11.7. The van der Waals surface area contributed by atoms with E-state index in [-0.39, 0.29) is 49.1 Å². The maximum absolute atomic E-state index is 11.7. The highest BCUT2D eigenvalue weighted by atomic mass is 16.5. The van der Waals surface area contributed by atoms with Crippen LogP contribution >= 0.6 is 0 Å². The molecule has 2 atom stereocenters. The molecule has 0 rings (SSSR count). The van der Waals surface area contributed by atoms with Crippen LogP contribution in [0, 0.1) is 11.8 Å². The Morgan fingerprint density at radius 2 is 0.962 bits per heavy atom. The van der Waals surface area contributed by atoms with Crippen molar-refractivity contribution in [3.8, 4) is 0 Å². The van der Waals surface area contributed by atoms with Crippen molar-refractivity contribution in [3.05, 3.63) is 0 Å². The summed E-state index contributed by atoms with van der Waals surface area (Å²) < 4.78 is 21.6. The average molecular weight is 375 g/mol. The predicted octanol–water partition coefficient (Wildman–Crippen LogP) is 3.76. The smallest absolute Gasteiger partial charge is 0.306 e. The van der Waals surface area contributed by atoms with Crippen LogP contribution in [0.2, 0.25) is 0 Å². The van der Waals surface area contributed by atoms with Crippen molar-refractivity contribution in [2.75, 3.05) is 26.4 Å². The van der Waals surface area contributed by atoms with Gasteiger partial charge < -0.3 is 18.9 Å². The van der Waals surface area contributed by atoms with Gasteiger partial charge in [0.25, 0.3) is 0 Å². The van der Waals surface area contributed by atoms with Crippen LogP contribution < -0.4 is 0 Å². The number of carbonyl (C=O) groups excluding carboxylic acids is 2. The van der Waals surface area contributed by atoms with E-state index >= 15 is 0 Å². The van der Waals surface area contributed by atoms with E-state index in [9.17, 15) is 9.59 Å². The van der Waals surface area contributed by atoms with Gasteiger partial charge >= 0.3 is 11.9 Å². The third-order valence-electron chi connectivity index (χ3n) is 3.19. The zero-order valence-corrected chi connectivity index (χ0v) is 17.8. The van der Waals surface area contributed by atoms with Crippen molar-refractivity contribution >= 4 is 11.9 Å². The number of hydrogen-bond acceptors (Lipinski definition) is 6. The molecule has 0 aromatic heterocycles. The average Bonchev–Trinajstić information content (AvgIpc) is 2.50. The molecule has 154 valence electrons. The molecule has 0 bridgehead atoms. The van der Waals surface area contributed by atoms with Crippen LogP contribution in [-0.4, -0.2) is 49.6 Å². The topological polar surface area (TPSA) is 71.1 Å². The number of rotatable bonds is 11. The Hall–Kier alpha value is -1.14. The molecule has 6 nitrogen and oxygen atoms in total. The van der Waals surface area contributed by atoms with Crippen LogP contribution in [0.25, 0.3) is 0 Å². The normalized spacial score (nSPS) is 14.6. The molecule has 26 heavy (non-hydrogen) atoms. The van der Waals surface area contributed by atoms with Crippen LogP contribution in [0.1, 0.15) is 68.2 Å². The Labute approximate surface area is 158 Å². The lowest BCUT2D eigenvalue weighted by Gasteiger charge is -2.22. The van der Waals surface area contributed by atoms with E-state index in [0.29, 0.717) is 13.2 Å². The largest absolute Gasteiger partial charge is 0.465 e. The van der Waals surface area contributed by atoms with Crippen LogP contribution in [-0.2, 0) is 28.5 Å². The van der Waals surface area contributed by atoms with Gasteiger partial charge in [0, 0.05) is 11.8 Å². The first kappa shape index (κ1) is 24.9. The minimum atomic E-state index is -0.395. The Bertz CT molecular complexity index is 379. The van der Waals surface area contributed by atoms with Crippen LogP contribution in [0.4, 0.5) is 0 Å². The summed E-state index contributed by atoms with van der Waals surface area (Å²) in [5.41, 5.74) is -0.422. The lowest BCUT2D eigenvalue weighted by Crippen LogP contribution is -2.25. The van der Waals surface area contributed by atoms with E-state index in [0.717, 1.165) is 0 Å². The van der Waals surface area contributed by atoms with Crippen molar-refractivity contribution in [1.29, 1.82) is 0 Å². The third-order valence-corrected chi connectivity index (χ3v) is 3.19. The quantitative estimate of drug-likeness (QED) is 0.513. The van der Waals surface area contributed by atoms with Gasteiger partial charge in [0.05, 0.1) is 50.5 Å². The molecule has 0 saturated heterocycles. The van der Waals surface area contributed by atoms with E-state index in [2.05, 4.69) is 0 Å². The van der Waals surface area contributed by atoms with E-state index in [1.165, 1.54) is 0 Å². The summed E-state index contributed by atoms with van der Waals surface area (Å²) in [6.07, 6.45) is 0.0527. The summed E-state index contributed by atoms with van der Waals surface area (Å²) in [5.74, 6) is -0.579. The summed E-state index contributed by atoms with van der Waals surface area (Å²) in [6.45, 7) is 17.4. The highest BCUT2D eigenvalue weighted by Crippen LogP contribution is 2.11. The molecule has 0 aliphatic carbocycles. The summed E-state index contributed by atoms with van der Waals surface area (Å²) in [6, 6.07) is 0. The van der Waals surface area contributed by atoms with Crippen molar-refractivity contribution in [2.45, 2.75) is 79.4 Å². The minimum Gasteiger partial charge on any atom is -0.465 e. The van der Waals surface area contributed by atoms with Gasteiger partial charge in [0.1, 0.15) is 0 Å². The fourth-order valence-corrected chi connectivity index (χ4v) is 1.70. The zero-order valence-electron chi connectivity index (χ0n) is 17.8. The first-order chi connectivity index (χ1) is 11.8. The minimum absolute atomic E-state index is 0.0263. The number of carbonyl (C=O) groups is 2. The van der Waals surface area contributed by atoms with Gasteiger partial charge in [-0.25, -0.2) is 0 Å². The predicted molar refractivity (Wildman–Crippen MR) is 101 cm³/mol. The van der Waals surface area contributed by atoms with Gasteiger partial charge in [0.15, 0.2) is 0 Å². The monoisotopic (exact) mass is 374 g/mol. The van der Waals surface area contributed by atoms with Crippen LogP contribution in [0.3, 0.4) is 0 Å². The summed E-state index contributed by atoms with van der Waals surface area (Å²) >= 11 is 0. The summed E-state index contributed by atoms with van der Waals surface area (Å²) in [5, 5.41) is 0. The molecule has 0 fully saturated rings. The highest BCUT2D eigenvalue weighted by molar-refractivity contribution is 5.77. The van der Waals surface area contributed by atoms with Crippen molar-refractivity contribution in [1.82, 2.24) is 0 Å². The third kappa shape index (κ3) is 16.3. The van der Waals surface area contributed by atoms with Crippen molar-refractivity contribution in [3.63, 3.8) is 0 Å². The lowest BCUT2D eigenvalue weighted by atomic mass is 10.1. The van der Waals surface area contributed by atoms with Gasteiger partial charge in [-0.15, -0.1) is 0 Å². The zero-order chi connectivity index (χ0) is 20.4. The maximum Gasteiger partial charge on any atom is 0.306 e. The molecule has 0 unspecified atom stereocenters. The molecule has 0 aliphatic heterocycles. The molecule has 0 heterocycles. The molecular formula is C20H38O6. The fourth-order valence-electron chi connectivity index (χ4n) is 1.70. The number of ether oxygens (including phenoxy) is 4. The van der Waals surface area contributed by atoms with E-state index in [1.54, 1.807) is 0 Å². The Balaban J connectivity index is 3.83. The number of hydrogen-bond donors (Lipinski definition) is 0. The van der Waals surface area contributed by atoms with Crippen LogP contribution in [0.5, 0.6) is 0 Å². The van der Waals surface area contributed by atoms with Gasteiger partial charge in [-0.1, -0.05) is 13.8 Å². The van der Waals surface area contributed by atoms with Gasteiger partial charge in [0.2, 0.25) is 0 Å². The van der Waals surface area contributed by atoms with Crippen LogP contribution in [0.15, 0.2) is 0 Å². The molecule has 0 aromatic rings. The molecule has 0 radical (unpaired) electrons.